The van der Waals surface area contributed by atoms with Crippen LogP contribution in [-0.4, -0.2) is 30.1 Å². The Hall–Kier alpha value is -3.40. The molecule has 4 heterocycles. The van der Waals surface area contributed by atoms with Gasteiger partial charge in [-0.05, 0) is 38.0 Å². The lowest BCUT2D eigenvalue weighted by atomic mass is 10.2. The normalized spacial score (nSPS) is 11.3. The van der Waals surface area contributed by atoms with Crippen LogP contribution in [-0.2, 0) is 6.54 Å². The van der Waals surface area contributed by atoms with Crippen molar-refractivity contribution in [3.05, 3.63) is 56.4 Å². The third-order valence-electron chi connectivity index (χ3n) is 4.86. The minimum absolute atomic E-state index is 0.0134. The van der Waals surface area contributed by atoms with Gasteiger partial charge in [-0.1, -0.05) is 30.7 Å². The number of pyridine rings is 2. The smallest absolute Gasteiger partial charge is 0.267 e. The molecule has 0 bridgehead atoms. The van der Waals surface area contributed by atoms with E-state index in [4.69, 9.17) is 10.4 Å². The maximum absolute atomic E-state index is 13.2. The van der Waals surface area contributed by atoms with Gasteiger partial charge in [0, 0.05) is 12.7 Å². The Balaban J connectivity index is 1.97. The van der Waals surface area contributed by atoms with Crippen molar-refractivity contribution in [1.82, 2.24) is 24.1 Å². The van der Waals surface area contributed by atoms with E-state index in [2.05, 4.69) is 15.5 Å². The third kappa shape index (κ3) is 3.39. The molecule has 0 aliphatic carbocycles. The number of aromatic nitrogens is 5. The van der Waals surface area contributed by atoms with E-state index in [0.717, 1.165) is 23.4 Å². The van der Waals surface area contributed by atoms with E-state index >= 15 is 0 Å². The zero-order chi connectivity index (χ0) is 21.4. The zero-order valence-corrected chi connectivity index (χ0v) is 17.7. The molecule has 30 heavy (non-hydrogen) atoms. The highest BCUT2D eigenvalue weighted by Crippen LogP contribution is 2.16. The minimum Gasteiger partial charge on any atom is -0.310 e. The van der Waals surface area contributed by atoms with Crippen molar-refractivity contribution >= 4 is 39.1 Å². The molecule has 154 valence electrons. The van der Waals surface area contributed by atoms with Crippen LogP contribution in [0.2, 0.25) is 0 Å². The summed E-state index contributed by atoms with van der Waals surface area (Å²) in [4.78, 5) is 30.8. The molecular formula is C20H21N7O2S. The number of carbonyl (C=O) groups is 1. The van der Waals surface area contributed by atoms with Crippen molar-refractivity contribution in [1.29, 1.82) is 5.41 Å². The maximum atomic E-state index is 13.2. The molecule has 9 nitrogen and oxygen atoms in total. The molecule has 0 fully saturated rings. The van der Waals surface area contributed by atoms with Crippen LogP contribution in [0.3, 0.4) is 0 Å². The Morgan fingerprint density at radius 3 is 2.77 bits per heavy atom. The van der Waals surface area contributed by atoms with Gasteiger partial charge in [-0.2, -0.15) is 0 Å². The van der Waals surface area contributed by atoms with Crippen molar-refractivity contribution in [3.8, 4) is 0 Å². The van der Waals surface area contributed by atoms with E-state index in [1.54, 1.807) is 23.8 Å². The lowest BCUT2D eigenvalue weighted by Crippen LogP contribution is -2.32. The number of nitrogens with one attached hydrogen (secondary N) is 2. The summed E-state index contributed by atoms with van der Waals surface area (Å²) in [5, 5.41) is 20.5. The molecule has 0 aliphatic rings. The van der Waals surface area contributed by atoms with Crippen LogP contribution < -0.4 is 16.4 Å². The van der Waals surface area contributed by atoms with Crippen LogP contribution in [0.25, 0.3) is 16.7 Å². The number of fused-ring (bicyclic) bond motifs is 2. The van der Waals surface area contributed by atoms with Gasteiger partial charge in [0.15, 0.2) is 0 Å². The van der Waals surface area contributed by atoms with E-state index in [1.807, 2.05) is 19.9 Å². The molecule has 10 heteroatoms. The van der Waals surface area contributed by atoms with Gasteiger partial charge in [0.2, 0.25) is 5.13 Å². The summed E-state index contributed by atoms with van der Waals surface area (Å²) in [6.45, 7) is 6.21. The third-order valence-corrected chi connectivity index (χ3v) is 5.61. The van der Waals surface area contributed by atoms with Crippen molar-refractivity contribution in [2.24, 2.45) is 0 Å². The Kier molecular flexibility index (Phi) is 5.17. The topological polar surface area (TPSA) is 118 Å². The molecule has 1 amide bonds. The van der Waals surface area contributed by atoms with Crippen molar-refractivity contribution in [2.45, 2.75) is 40.2 Å². The van der Waals surface area contributed by atoms with Crippen molar-refractivity contribution < 1.29 is 4.79 Å². The highest BCUT2D eigenvalue weighted by molar-refractivity contribution is 7.15. The predicted octanol–water partition coefficient (Wildman–Crippen LogP) is 2.65. The van der Waals surface area contributed by atoms with Crippen LogP contribution in [0, 0.1) is 19.3 Å². The molecule has 0 aliphatic heterocycles. The van der Waals surface area contributed by atoms with Crippen LogP contribution in [0.4, 0.5) is 5.13 Å². The summed E-state index contributed by atoms with van der Waals surface area (Å²) in [7, 11) is 0. The van der Waals surface area contributed by atoms with Crippen LogP contribution in [0.1, 0.15) is 40.7 Å². The lowest BCUT2D eigenvalue weighted by molar-refractivity contribution is 0.102. The SMILES string of the molecule is CCCCn1c(=N)c(C(=O)Nc2nnc(C)s2)cc2c(=O)n3cccc(C)c3nc21. The van der Waals surface area contributed by atoms with Gasteiger partial charge in [0.05, 0.1) is 10.9 Å². The predicted molar refractivity (Wildman–Crippen MR) is 115 cm³/mol. The second-order valence-electron chi connectivity index (χ2n) is 7.03. The Labute approximate surface area is 175 Å². The number of aryl methyl sites for hydroxylation is 3. The molecule has 4 aromatic rings. The number of rotatable bonds is 5. The van der Waals surface area contributed by atoms with Gasteiger partial charge < -0.3 is 4.57 Å². The Morgan fingerprint density at radius 2 is 2.07 bits per heavy atom. The second-order valence-corrected chi connectivity index (χ2v) is 8.21. The molecule has 0 unspecified atom stereocenters. The Bertz CT molecular complexity index is 1400. The lowest BCUT2D eigenvalue weighted by Gasteiger charge is -2.14. The number of unbranched alkanes of at least 4 members (excludes halogenated alkanes) is 1. The van der Waals surface area contributed by atoms with Crippen LogP contribution >= 0.6 is 11.3 Å². The highest BCUT2D eigenvalue weighted by Gasteiger charge is 2.19. The average molecular weight is 424 g/mol. The molecule has 4 rings (SSSR count). The summed E-state index contributed by atoms with van der Waals surface area (Å²) < 4.78 is 3.12. The molecule has 0 atom stereocenters. The zero-order valence-electron chi connectivity index (χ0n) is 16.9. The van der Waals surface area contributed by atoms with Gasteiger partial charge in [-0.15, -0.1) is 10.2 Å². The van der Waals surface area contributed by atoms with E-state index in [0.29, 0.717) is 28.4 Å². The first-order valence-electron chi connectivity index (χ1n) is 9.62. The molecule has 4 aromatic heterocycles. The number of anilines is 1. The summed E-state index contributed by atoms with van der Waals surface area (Å²) in [6.07, 6.45) is 3.35. The first kappa shape index (κ1) is 19.9. The van der Waals surface area contributed by atoms with Gasteiger partial charge in [-0.25, -0.2) is 4.98 Å². The van der Waals surface area contributed by atoms with Crippen LogP contribution in [0.5, 0.6) is 0 Å². The van der Waals surface area contributed by atoms with Crippen LogP contribution in [0.15, 0.2) is 29.2 Å². The average Bonchev–Trinajstić information content (AvgIpc) is 3.12. The maximum Gasteiger partial charge on any atom is 0.267 e. The molecule has 0 radical (unpaired) electrons. The fraction of sp³-hybridized carbons (Fsp3) is 0.300. The summed E-state index contributed by atoms with van der Waals surface area (Å²) in [6, 6.07) is 5.12. The summed E-state index contributed by atoms with van der Waals surface area (Å²) >= 11 is 1.24. The van der Waals surface area contributed by atoms with Crippen molar-refractivity contribution in [3.63, 3.8) is 0 Å². The number of carbonyl (C=O) groups excluding carboxylic acids is 1. The van der Waals surface area contributed by atoms with Gasteiger partial charge in [0.1, 0.15) is 21.8 Å². The summed E-state index contributed by atoms with van der Waals surface area (Å²) in [5.74, 6) is -0.503. The molecule has 0 saturated carbocycles. The Morgan fingerprint density at radius 1 is 1.27 bits per heavy atom. The standard InChI is InChI=1S/C20H21N7O2S/c1-4-5-8-26-15(21)13(18(28)23-20-25-24-12(3)30-20)10-14-17(26)22-16-11(2)7-6-9-27(16)19(14)29/h6-7,9-10,21H,4-5,8H2,1-3H3,(H,23,25,28). The fourth-order valence-corrected chi connectivity index (χ4v) is 3.90. The van der Waals surface area contributed by atoms with Gasteiger partial charge >= 0.3 is 0 Å². The second kappa shape index (κ2) is 7.79. The molecule has 0 spiro atoms. The molecular weight excluding hydrogens is 402 g/mol. The summed E-state index contributed by atoms with van der Waals surface area (Å²) in [5.41, 5.74) is 1.65. The highest BCUT2D eigenvalue weighted by atomic mass is 32.1. The van der Waals surface area contributed by atoms with E-state index in [1.165, 1.54) is 21.8 Å². The van der Waals surface area contributed by atoms with Gasteiger partial charge in [-0.3, -0.25) is 24.7 Å². The van der Waals surface area contributed by atoms with E-state index in [-0.39, 0.29) is 16.6 Å². The largest absolute Gasteiger partial charge is 0.310 e. The number of hydrogen-bond acceptors (Lipinski definition) is 7. The molecule has 2 N–H and O–H groups in total. The first-order valence-corrected chi connectivity index (χ1v) is 10.4. The van der Waals surface area contributed by atoms with Crippen molar-refractivity contribution in [2.75, 3.05) is 5.32 Å². The number of nitrogens with zero attached hydrogens (tertiary/aromatic N) is 5. The fourth-order valence-electron chi connectivity index (χ4n) is 3.32. The number of amides is 1. The van der Waals surface area contributed by atoms with E-state index in [9.17, 15) is 9.59 Å². The molecule has 0 saturated heterocycles. The van der Waals surface area contributed by atoms with Gasteiger partial charge in [0.25, 0.3) is 11.5 Å². The quantitative estimate of drug-likeness (QED) is 0.479. The minimum atomic E-state index is -0.503. The molecule has 0 aromatic carbocycles. The number of hydrogen-bond donors (Lipinski definition) is 2. The first-order chi connectivity index (χ1) is 14.4. The van der Waals surface area contributed by atoms with E-state index < -0.39 is 5.91 Å². The monoisotopic (exact) mass is 423 g/mol.